The molecule has 0 N–H and O–H groups in total. The van der Waals surface area contributed by atoms with Crippen LogP contribution in [0.1, 0.15) is 45.2 Å². The molecule has 1 aliphatic heterocycles. The summed E-state index contributed by atoms with van der Waals surface area (Å²) in [6.07, 6.45) is 1.53. The lowest BCUT2D eigenvalue weighted by Gasteiger charge is -2.32. The highest BCUT2D eigenvalue weighted by Crippen LogP contribution is 2.43. The highest BCUT2D eigenvalue weighted by Gasteiger charge is 2.53. The molecule has 0 amide bonds. The fourth-order valence-electron chi connectivity index (χ4n) is 2.82. The summed E-state index contributed by atoms with van der Waals surface area (Å²) in [5.74, 6) is 0. The Labute approximate surface area is 134 Å². The molecule has 1 aromatic rings. The van der Waals surface area contributed by atoms with Crippen molar-refractivity contribution in [2.75, 3.05) is 0 Å². The molecule has 3 rings (SSSR count). The molecule has 1 fully saturated rings. The van der Waals surface area contributed by atoms with E-state index in [-0.39, 0.29) is 5.73 Å². The van der Waals surface area contributed by atoms with E-state index < -0.39 is 18.3 Å². The van der Waals surface area contributed by atoms with Crippen molar-refractivity contribution in [2.24, 2.45) is 0 Å². The van der Waals surface area contributed by atoms with E-state index in [0.717, 1.165) is 16.5 Å². The summed E-state index contributed by atoms with van der Waals surface area (Å²) >= 11 is 3.54. The summed E-state index contributed by atoms with van der Waals surface area (Å²) in [5, 5.41) is 0. The van der Waals surface area contributed by atoms with E-state index in [1.807, 2.05) is 45.9 Å². The average Bonchev–Trinajstić information content (AvgIpc) is 2.89. The summed E-state index contributed by atoms with van der Waals surface area (Å²) in [4.78, 5) is 0. The maximum Gasteiger partial charge on any atom is 0.525 e. The number of benzene rings is 1. The molecule has 0 unspecified atom stereocenters. The molecule has 0 bridgehead atoms. The van der Waals surface area contributed by atoms with Gasteiger partial charge in [-0.1, -0.05) is 28.1 Å². The molecule has 5 heteroatoms. The molecule has 1 aliphatic carbocycles. The molecule has 1 heterocycles. The van der Waals surface area contributed by atoms with Gasteiger partial charge in [-0.2, -0.15) is 0 Å². The second kappa shape index (κ2) is 4.93. The van der Waals surface area contributed by atoms with Crippen LogP contribution in [0.5, 0.6) is 0 Å². The van der Waals surface area contributed by atoms with Gasteiger partial charge in [-0.3, -0.25) is 0 Å². The smallest absolute Gasteiger partial charge is 0.398 e. The Morgan fingerprint density at radius 3 is 2.38 bits per heavy atom. The van der Waals surface area contributed by atoms with Crippen LogP contribution in [0.4, 0.5) is 4.39 Å². The number of fused-ring (bicyclic) bond motifs is 1. The van der Waals surface area contributed by atoms with E-state index in [9.17, 15) is 4.39 Å². The molecule has 1 aromatic carbocycles. The van der Waals surface area contributed by atoms with Crippen LogP contribution in [0, 0.1) is 0 Å². The minimum Gasteiger partial charge on any atom is -0.398 e. The predicted octanol–water partition coefficient (Wildman–Crippen LogP) is 4.71. The SMILES string of the molecule is CC1(C)OB(C(F)=C2CCc3c(Br)cccc32)OC1(C)C. The maximum atomic E-state index is 14.9. The van der Waals surface area contributed by atoms with Crippen LogP contribution in [0.2, 0.25) is 0 Å². The molecule has 0 spiro atoms. The zero-order valence-corrected chi connectivity index (χ0v) is 14.4. The lowest BCUT2D eigenvalue weighted by molar-refractivity contribution is 0.00578. The van der Waals surface area contributed by atoms with Gasteiger partial charge in [0.05, 0.1) is 11.2 Å². The summed E-state index contributed by atoms with van der Waals surface area (Å²) < 4.78 is 27.6. The fraction of sp³-hybridized carbons (Fsp3) is 0.500. The Balaban J connectivity index is 1.98. The van der Waals surface area contributed by atoms with Crippen LogP contribution in [-0.4, -0.2) is 18.3 Å². The van der Waals surface area contributed by atoms with E-state index >= 15 is 0 Å². The number of rotatable bonds is 1. The maximum absolute atomic E-state index is 14.9. The molecular formula is C16H19BBrFO2. The number of hydrogen-bond donors (Lipinski definition) is 0. The molecule has 0 aromatic heterocycles. The first-order valence-electron chi connectivity index (χ1n) is 7.25. The van der Waals surface area contributed by atoms with E-state index in [2.05, 4.69) is 15.9 Å². The van der Waals surface area contributed by atoms with E-state index in [0.29, 0.717) is 12.0 Å². The zero-order valence-electron chi connectivity index (χ0n) is 12.8. The van der Waals surface area contributed by atoms with Gasteiger partial charge in [0.25, 0.3) is 0 Å². The highest BCUT2D eigenvalue weighted by molar-refractivity contribution is 9.10. The third kappa shape index (κ3) is 2.39. The van der Waals surface area contributed by atoms with Crippen molar-refractivity contribution < 1.29 is 13.7 Å². The largest absolute Gasteiger partial charge is 0.525 e. The first-order chi connectivity index (χ1) is 9.73. The second-order valence-electron chi connectivity index (χ2n) is 6.68. The number of allylic oxidation sites excluding steroid dienone is 1. The topological polar surface area (TPSA) is 18.5 Å². The highest BCUT2D eigenvalue weighted by atomic mass is 79.9. The zero-order chi connectivity index (χ0) is 15.4. The van der Waals surface area contributed by atoms with Crippen LogP contribution in [0.25, 0.3) is 5.57 Å². The summed E-state index contributed by atoms with van der Waals surface area (Å²) in [7, 11) is -0.907. The van der Waals surface area contributed by atoms with Crippen LogP contribution in [-0.2, 0) is 15.7 Å². The minimum absolute atomic E-state index is 0.287. The fourth-order valence-corrected chi connectivity index (χ4v) is 3.38. The second-order valence-corrected chi connectivity index (χ2v) is 7.54. The third-order valence-corrected chi connectivity index (χ3v) is 5.56. The van der Waals surface area contributed by atoms with Gasteiger partial charge in [-0.05, 0) is 63.3 Å². The Hall–Kier alpha value is -0.645. The van der Waals surface area contributed by atoms with E-state index in [1.54, 1.807) is 0 Å². The van der Waals surface area contributed by atoms with Gasteiger partial charge in [0.2, 0.25) is 0 Å². The Morgan fingerprint density at radius 1 is 1.14 bits per heavy atom. The molecular weight excluding hydrogens is 334 g/mol. The van der Waals surface area contributed by atoms with Gasteiger partial charge in [0.1, 0.15) is 5.73 Å². The van der Waals surface area contributed by atoms with Crippen LogP contribution >= 0.6 is 15.9 Å². The first-order valence-corrected chi connectivity index (χ1v) is 8.04. The Bertz CT molecular complexity index is 609. The lowest BCUT2D eigenvalue weighted by Crippen LogP contribution is -2.41. The van der Waals surface area contributed by atoms with Gasteiger partial charge in [0, 0.05) is 4.47 Å². The quantitative estimate of drug-likeness (QED) is 0.681. The van der Waals surface area contributed by atoms with Crippen molar-refractivity contribution in [1.29, 1.82) is 0 Å². The molecule has 2 aliphatic rings. The van der Waals surface area contributed by atoms with E-state index in [4.69, 9.17) is 9.31 Å². The molecule has 2 nitrogen and oxygen atoms in total. The van der Waals surface area contributed by atoms with Crippen LogP contribution < -0.4 is 0 Å². The van der Waals surface area contributed by atoms with Gasteiger partial charge in [-0.25, -0.2) is 4.39 Å². The average molecular weight is 353 g/mol. The molecule has 0 saturated carbocycles. The lowest BCUT2D eigenvalue weighted by atomic mass is 9.83. The van der Waals surface area contributed by atoms with Crippen LogP contribution in [0.15, 0.2) is 28.4 Å². The van der Waals surface area contributed by atoms with E-state index in [1.165, 1.54) is 5.56 Å². The van der Waals surface area contributed by atoms with Crippen molar-refractivity contribution in [3.05, 3.63) is 39.5 Å². The first kappa shape index (κ1) is 15.3. The minimum atomic E-state index is -0.907. The molecule has 21 heavy (non-hydrogen) atoms. The van der Waals surface area contributed by atoms with Gasteiger partial charge >= 0.3 is 7.12 Å². The van der Waals surface area contributed by atoms with Crippen molar-refractivity contribution in [1.82, 2.24) is 0 Å². The third-order valence-electron chi connectivity index (χ3n) is 4.82. The molecule has 112 valence electrons. The van der Waals surface area contributed by atoms with Crippen molar-refractivity contribution in [3.63, 3.8) is 0 Å². The summed E-state index contributed by atoms with van der Waals surface area (Å²) in [6, 6.07) is 5.90. The summed E-state index contributed by atoms with van der Waals surface area (Å²) in [6.45, 7) is 7.74. The number of halogens is 2. The molecule has 0 radical (unpaired) electrons. The standard InChI is InChI=1S/C16H19BBrFO2/c1-15(2)16(3,4)21-17(20-15)14(19)12-9-8-11-10(12)6-5-7-13(11)18/h5-7H,8-9H2,1-4H3. The predicted molar refractivity (Wildman–Crippen MR) is 86.6 cm³/mol. The normalized spacial score (nSPS) is 25.1. The van der Waals surface area contributed by atoms with Gasteiger partial charge < -0.3 is 9.31 Å². The van der Waals surface area contributed by atoms with Gasteiger partial charge in [-0.15, -0.1) is 0 Å². The molecule has 1 saturated heterocycles. The molecule has 0 atom stereocenters. The van der Waals surface area contributed by atoms with Crippen LogP contribution in [0.3, 0.4) is 0 Å². The van der Waals surface area contributed by atoms with Crippen molar-refractivity contribution in [2.45, 2.75) is 51.7 Å². The van der Waals surface area contributed by atoms with Crippen molar-refractivity contribution >= 4 is 28.6 Å². The summed E-state index contributed by atoms with van der Waals surface area (Å²) in [5.41, 5.74) is 1.52. The monoisotopic (exact) mass is 352 g/mol. The Morgan fingerprint density at radius 2 is 1.76 bits per heavy atom. The Kier molecular flexibility index (Phi) is 3.58. The van der Waals surface area contributed by atoms with Gasteiger partial charge in [0.15, 0.2) is 0 Å². The number of hydrogen-bond acceptors (Lipinski definition) is 2. The van der Waals surface area contributed by atoms with Crippen molar-refractivity contribution in [3.8, 4) is 0 Å².